The number of hydrogen-bond acceptors (Lipinski definition) is 5. The van der Waals surface area contributed by atoms with Crippen LogP contribution in [0.5, 0.6) is 0 Å². The first-order chi connectivity index (χ1) is 9.52. The molecule has 0 aliphatic carbocycles. The zero-order chi connectivity index (χ0) is 14.7. The van der Waals surface area contributed by atoms with Crippen molar-refractivity contribution in [2.24, 2.45) is 5.92 Å². The van der Waals surface area contributed by atoms with Gasteiger partial charge in [-0.15, -0.1) is 0 Å². The van der Waals surface area contributed by atoms with Crippen LogP contribution in [0.4, 0.5) is 0 Å². The summed E-state index contributed by atoms with van der Waals surface area (Å²) in [5.41, 5.74) is 0. The number of methoxy groups -OCH3 is 1. The van der Waals surface area contributed by atoms with E-state index in [0.717, 1.165) is 31.7 Å². The lowest BCUT2D eigenvalue weighted by Crippen LogP contribution is -2.40. The summed E-state index contributed by atoms with van der Waals surface area (Å²) in [4.78, 5) is 13.7. The van der Waals surface area contributed by atoms with E-state index in [0.29, 0.717) is 5.92 Å². The van der Waals surface area contributed by atoms with Gasteiger partial charge in [0.2, 0.25) is 5.76 Å². The molecule has 1 fully saturated rings. The SMILES string of the molecule is COC(=O)c1ccc(C(C)N2CCCC(C(C)O)C2)o1. The van der Waals surface area contributed by atoms with Gasteiger partial charge in [0.05, 0.1) is 19.3 Å². The fourth-order valence-corrected chi connectivity index (χ4v) is 2.75. The number of hydrogen-bond donors (Lipinski definition) is 1. The van der Waals surface area contributed by atoms with Gasteiger partial charge in [-0.3, -0.25) is 4.90 Å². The molecule has 1 aromatic rings. The highest BCUT2D eigenvalue weighted by Gasteiger charge is 2.28. The molecule has 1 saturated heterocycles. The van der Waals surface area contributed by atoms with E-state index in [-0.39, 0.29) is 17.9 Å². The number of carbonyl (C=O) groups is 1. The molecule has 20 heavy (non-hydrogen) atoms. The maximum Gasteiger partial charge on any atom is 0.373 e. The summed E-state index contributed by atoms with van der Waals surface area (Å²) < 4.78 is 10.2. The maximum atomic E-state index is 11.4. The molecule has 1 aromatic heterocycles. The molecule has 0 amide bonds. The van der Waals surface area contributed by atoms with Crippen molar-refractivity contribution in [2.75, 3.05) is 20.2 Å². The lowest BCUT2D eigenvalue weighted by molar-refractivity contribution is 0.0415. The van der Waals surface area contributed by atoms with Gasteiger partial charge < -0.3 is 14.3 Å². The van der Waals surface area contributed by atoms with Crippen molar-refractivity contribution in [2.45, 2.75) is 38.8 Å². The molecule has 5 nitrogen and oxygen atoms in total. The number of likely N-dealkylation sites (tertiary alicyclic amines) is 1. The van der Waals surface area contributed by atoms with Crippen LogP contribution in [0.25, 0.3) is 0 Å². The number of piperidine rings is 1. The van der Waals surface area contributed by atoms with E-state index in [4.69, 9.17) is 4.42 Å². The summed E-state index contributed by atoms with van der Waals surface area (Å²) in [7, 11) is 1.34. The molecular formula is C15H23NO4. The van der Waals surface area contributed by atoms with E-state index >= 15 is 0 Å². The van der Waals surface area contributed by atoms with Crippen molar-refractivity contribution < 1.29 is 19.1 Å². The summed E-state index contributed by atoms with van der Waals surface area (Å²) in [6.07, 6.45) is 1.85. The Labute approximate surface area is 119 Å². The maximum absolute atomic E-state index is 11.4. The molecular weight excluding hydrogens is 258 g/mol. The highest BCUT2D eigenvalue weighted by atomic mass is 16.5. The van der Waals surface area contributed by atoms with E-state index in [9.17, 15) is 9.90 Å². The molecule has 0 bridgehead atoms. The quantitative estimate of drug-likeness (QED) is 0.857. The molecule has 2 rings (SSSR count). The number of esters is 1. The smallest absolute Gasteiger partial charge is 0.373 e. The first-order valence-electron chi connectivity index (χ1n) is 7.13. The molecule has 1 aliphatic rings. The van der Waals surface area contributed by atoms with Crippen LogP contribution in [0.3, 0.4) is 0 Å². The number of furan rings is 1. The number of aliphatic hydroxyl groups is 1. The average molecular weight is 281 g/mol. The molecule has 1 N–H and O–H groups in total. The van der Waals surface area contributed by atoms with Crippen molar-refractivity contribution in [3.8, 4) is 0 Å². The van der Waals surface area contributed by atoms with Crippen LogP contribution in [0.1, 0.15) is 49.0 Å². The van der Waals surface area contributed by atoms with E-state index in [1.54, 1.807) is 6.07 Å². The Morgan fingerprint density at radius 3 is 2.90 bits per heavy atom. The second kappa shape index (κ2) is 6.41. The number of carbonyl (C=O) groups excluding carboxylic acids is 1. The van der Waals surface area contributed by atoms with Gasteiger partial charge in [0.1, 0.15) is 5.76 Å². The van der Waals surface area contributed by atoms with E-state index in [1.165, 1.54) is 7.11 Å². The summed E-state index contributed by atoms with van der Waals surface area (Å²) in [6, 6.07) is 3.56. The highest BCUT2D eigenvalue weighted by molar-refractivity contribution is 5.86. The Morgan fingerprint density at radius 2 is 2.25 bits per heavy atom. The topological polar surface area (TPSA) is 62.9 Å². The van der Waals surface area contributed by atoms with Gasteiger partial charge >= 0.3 is 5.97 Å². The third-order valence-corrected chi connectivity index (χ3v) is 4.14. The predicted molar refractivity (Wildman–Crippen MR) is 74.4 cm³/mol. The van der Waals surface area contributed by atoms with Gasteiger partial charge in [-0.25, -0.2) is 4.79 Å². The number of nitrogens with zero attached hydrogens (tertiary/aromatic N) is 1. The van der Waals surface area contributed by atoms with E-state index in [2.05, 4.69) is 16.6 Å². The number of ether oxygens (including phenoxy) is 1. The standard InChI is InChI=1S/C15H23NO4/c1-10(13-6-7-14(20-13)15(18)19-3)16-8-4-5-12(9-16)11(2)17/h6-7,10-12,17H,4-5,8-9H2,1-3H3. The third-order valence-electron chi connectivity index (χ3n) is 4.14. The first kappa shape index (κ1) is 15.1. The molecule has 5 heteroatoms. The summed E-state index contributed by atoms with van der Waals surface area (Å²) in [6.45, 7) is 5.75. The Balaban J connectivity index is 2.05. The summed E-state index contributed by atoms with van der Waals surface area (Å²) >= 11 is 0. The third kappa shape index (κ3) is 3.22. The average Bonchev–Trinajstić information content (AvgIpc) is 2.95. The van der Waals surface area contributed by atoms with Crippen molar-refractivity contribution in [1.29, 1.82) is 0 Å². The van der Waals surface area contributed by atoms with Gasteiger partial charge in [0.25, 0.3) is 0 Å². The molecule has 112 valence electrons. The van der Waals surface area contributed by atoms with E-state index < -0.39 is 5.97 Å². The second-order valence-corrected chi connectivity index (χ2v) is 5.51. The van der Waals surface area contributed by atoms with Crippen molar-refractivity contribution in [3.63, 3.8) is 0 Å². The molecule has 0 spiro atoms. The van der Waals surface area contributed by atoms with E-state index in [1.807, 2.05) is 13.0 Å². The molecule has 0 radical (unpaired) electrons. The van der Waals surface area contributed by atoms with Crippen LogP contribution in [0, 0.1) is 5.92 Å². The molecule has 3 atom stereocenters. The number of aliphatic hydroxyl groups excluding tert-OH is 1. The predicted octanol–water partition coefficient (Wildman–Crippen LogP) is 2.22. The zero-order valence-electron chi connectivity index (χ0n) is 12.3. The van der Waals surface area contributed by atoms with Crippen molar-refractivity contribution in [3.05, 3.63) is 23.7 Å². The van der Waals surface area contributed by atoms with Crippen LogP contribution >= 0.6 is 0 Å². The lowest BCUT2D eigenvalue weighted by Gasteiger charge is -2.37. The van der Waals surface area contributed by atoms with Gasteiger partial charge in [0.15, 0.2) is 0 Å². The van der Waals surface area contributed by atoms with Gasteiger partial charge in [-0.2, -0.15) is 0 Å². The van der Waals surface area contributed by atoms with Crippen LogP contribution in [0.2, 0.25) is 0 Å². The first-order valence-corrected chi connectivity index (χ1v) is 7.13. The highest BCUT2D eigenvalue weighted by Crippen LogP contribution is 2.29. The Morgan fingerprint density at radius 1 is 1.50 bits per heavy atom. The Kier molecular flexibility index (Phi) is 4.83. The van der Waals surface area contributed by atoms with Crippen LogP contribution in [-0.4, -0.2) is 42.3 Å². The second-order valence-electron chi connectivity index (χ2n) is 5.51. The minimum Gasteiger partial charge on any atom is -0.463 e. The van der Waals surface area contributed by atoms with Crippen LogP contribution < -0.4 is 0 Å². The van der Waals surface area contributed by atoms with Gasteiger partial charge in [-0.1, -0.05) is 0 Å². The fraction of sp³-hybridized carbons (Fsp3) is 0.667. The number of rotatable bonds is 4. The summed E-state index contributed by atoms with van der Waals surface area (Å²) in [5.74, 6) is 0.847. The lowest BCUT2D eigenvalue weighted by atomic mass is 9.92. The zero-order valence-corrected chi connectivity index (χ0v) is 12.3. The molecule has 0 saturated carbocycles. The minimum absolute atomic E-state index is 0.0926. The van der Waals surface area contributed by atoms with Gasteiger partial charge in [0, 0.05) is 6.54 Å². The normalized spacial score (nSPS) is 23.3. The molecule has 0 aromatic carbocycles. The monoisotopic (exact) mass is 281 g/mol. The van der Waals surface area contributed by atoms with Crippen molar-refractivity contribution in [1.82, 2.24) is 4.90 Å². The van der Waals surface area contributed by atoms with Crippen LogP contribution in [0.15, 0.2) is 16.5 Å². The van der Waals surface area contributed by atoms with Crippen molar-refractivity contribution >= 4 is 5.97 Å². The Hall–Kier alpha value is -1.33. The minimum atomic E-state index is -0.455. The molecule has 2 heterocycles. The molecule has 3 unspecified atom stereocenters. The fourth-order valence-electron chi connectivity index (χ4n) is 2.75. The summed E-state index contributed by atoms with van der Waals surface area (Å²) in [5, 5.41) is 9.74. The largest absolute Gasteiger partial charge is 0.463 e. The van der Waals surface area contributed by atoms with Crippen LogP contribution in [-0.2, 0) is 4.74 Å². The molecule has 1 aliphatic heterocycles. The Bertz CT molecular complexity index is 454. The van der Waals surface area contributed by atoms with Gasteiger partial charge in [-0.05, 0) is 51.3 Å².